The summed E-state index contributed by atoms with van der Waals surface area (Å²) in [5.74, 6) is 0. The molecule has 9 aromatic rings. The van der Waals surface area contributed by atoms with Gasteiger partial charge in [-0.2, -0.15) is 0 Å². The molecule has 0 fully saturated rings. The van der Waals surface area contributed by atoms with Crippen LogP contribution in [0, 0.1) is 0 Å². The molecule has 2 heterocycles. The number of hydrogen-bond acceptors (Lipinski definition) is 1. The monoisotopic (exact) mass is 523 g/mol. The molecule has 41 heavy (non-hydrogen) atoms. The predicted octanol–water partition coefficient (Wildman–Crippen LogP) is 10.7. The zero-order valence-corrected chi connectivity index (χ0v) is 22.8. The lowest BCUT2D eigenvalue weighted by Gasteiger charge is -2.22. The van der Waals surface area contributed by atoms with Crippen LogP contribution in [0.15, 0.2) is 120 Å². The van der Waals surface area contributed by atoms with Crippen LogP contribution >= 0.6 is 0 Å². The standard InChI is InChI=1S/C39H25NO/c1-39(2)29-15-7-5-11-23(29)27-20-28-24-12-6-8-16-31(24)40(33(28)21-30(27)39)32-18-19-35-38-36(32)25-13-4-3-10-22(25)26-14-9-17-34(41-35)37(26)38/h3-21H,1-2H3. The molecule has 1 aliphatic carbocycles. The van der Waals surface area contributed by atoms with Crippen LogP contribution in [-0.4, -0.2) is 4.57 Å². The van der Waals surface area contributed by atoms with Gasteiger partial charge in [-0.1, -0.05) is 92.7 Å². The van der Waals surface area contributed by atoms with Crippen LogP contribution < -0.4 is 0 Å². The molecule has 192 valence electrons. The van der Waals surface area contributed by atoms with Crippen molar-refractivity contribution >= 4 is 65.3 Å². The lowest BCUT2D eigenvalue weighted by Crippen LogP contribution is -2.15. The van der Waals surface area contributed by atoms with Crippen molar-refractivity contribution in [3.8, 4) is 16.8 Å². The molecule has 0 spiro atoms. The van der Waals surface area contributed by atoms with Crippen molar-refractivity contribution in [2.45, 2.75) is 19.3 Å². The van der Waals surface area contributed by atoms with Gasteiger partial charge < -0.3 is 8.98 Å². The smallest absolute Gasteiger partial charge is 0.136 e. The number of para-hydroxylation sites is 1. The molecule has 0 atom stereocenters. The molecular weight excluding hydrogens is 498 g/mol. The van der Waals surface area contributed by atoms with Crippen LogP contribution in [0.4, 0.5) is 0 Å². The highest BCUT2D eigenvalue weighted by atomic mass is 16.3. The van der Waals surface area contributed by atoms with Crippen molar-refractivity contribution in [1.82, 2.24) is 4.57 Å². The molecule has 0 N–H and O–H groups in total. The molecule has 0 radical (unpaired) electrons. The SMILES string of the molecule is CC1(C)c2ccccc2-c2cc3c4ccccc4n(-c4ccc5oc6cccc7c8ccccc8c4c5c67)c3cc21. The number of hydrogen-bond donors (Lipinski definition) is 0. The summed E-state index contributed by atoms with van der Waals surface area (Å²) in [6.45, 7) is 4.73. The third-order valence-electron chi connectivity index (χ3n) is 9.74. The van der Waals surface area contributed by atoms with E-state index in [1.54, 1.807) is 0 Å². The maximum Gasteiger partial charge on any atom is 0.136 e. The van der Waals surface area contributed by atoms with Gasteiger partial charge >= 0.3 is 0 Å². The Hall–Kier alpha value is -5.08. The lowest BCUT2D eigenvalue weighted by molar-refractivity contribution is 0.661. The largest absolute Gasteiger partial charge is 0.456 e. The van der Waals surface area contributed by atoms with Gasteiger partial charge in [0.1, 0.15) is 11.2 Å². The Labute approximate surface area is 236 Å². The summed E-state index contributed by atoms with van der Waals surface area (Å²) in [7, 11) is 0. The normalized spacial score (nSPS) is 14.3. The van der Waals surface area contributed by atoms with Gasteiger partial charge in [0.2, 0.25) is 0 Å². The van der Waals surface area contributed by atoms with Crippen LogP contribution in [-0.2, 0) is 5.41 Å². The first kappa shape index (κ1) is 21.7. The summed E-state index contributed by atoms with van der Waals surface area (Å²) in [4.78, 5) is 0. The van der Waals surface area contributed by atoms with Crippen molar-refractivity contribution in [2.24, 2.45) is 0 Å². The molecule has 2 heteroatoms. The Bertz CT molecular complexity index is 2560. The number of furan rings is 1. The Balaban J connectivity index is 1.42. The molecule has 2 aromatic heterocycles. The first-order valence-corrected chi connectivity index (χ1v) is 14.4. The zero-order valence-electron chi connectivity index (χ0n) is 22.8. The number of aromatic nitrogens is 1. The maximum absolute atomic E-state index is 6.45. The highest BCUT2D eigenvalue weighted by molar-refractivity contribution is 6.34. The molecule has 0 bridgehead atoms. The van der Waals surface area contributed by atoms with Gasteiger partial charge in [0.15, 0.2) is 0 Å². The topological polar surface area (TPSA) is 18.1 Å². The van der Waals surface area contributed by atoms with Crippen molar-refractivity contribution in [2.75, 3.05) is 0 Å². The summed E-state index contributed by atoms with van der Waals surface area (Å²) in [5.41, 5.74) is 11.0. The molecule has 2 nitrogen and oxygen atoms in total. The van der Waals surface area contributed by atoms with Crippen molar-refractivity contribution in [3.05, 3.63) is 126 Å². The average Bonchev–Trinajstić information content (AvgIpc) is 3.62. The fraction of sp³-hybridized carbons (Fsp3) is 0.0769. The van der Waals surface area contributed by atoms with Crippen LogP contribution in [0.2, 0.25) is 0 Å². The zero-order chi connectivity index (χ0) is 27.0. The fourth-order valence-electron chi connectivity index (χ4n) is 7.94. The van der Waals surface area contributed by atoms with E-state index in [1.165, 1.54) is 82.1 Å². The van der Waals surface area contributed by atoms with Crippen LogP contribution in [0.5, 0.6) is 0 Å². The third-order valence-corrected chi connectivity index (χ3v) is 9.74. The van der Waals surface area contributed by atoms with Crippen LogP contribution in [0.25, 0.3) is 82.1 Å². The van der Waals surface area contributed by atoms with E-state index >= 15 is 0 Å². The predicted molar refractivity (Wildman–Crippen MR) is 172 cm³/mol. The van der Waals surface area contributed by atoms with Crippen molar-refractivity contribution < 1.29 is 4.42 Å². The summed E-state index contributed by atoms with van der Waals surface area (Å²) in [6.07, 6.45) is 0. The Morgan fingerprint density at radius 3 is 2.10 bits per heavy atom. The highest BCUT2D eigenvalue weighted by Crippen LogP contribution is 2.52. The number of rotatable bonds is 1. The van der Waals surface area contributed by atoms with Crippen LogP contribution in [0.3, 0.4) is 0 Å². The van der Waals surface area contributed by atoms with E-state index in [0.29, 0.717) is 0 Å². The molecule has 0 amide bonds. The molecule has 7 aromatic carbocycles. The van der Waals surface area contributed by atoms with E-state index in [-0.39, 0.29) is 5.41 Å². The van der Waals surface area contributed by atoms with Gasteiger partial charge in [-0.05, 0) is 74.8 Å². The first-order chi connectivity index (χ1) is 20.1. The van der Waals surface area contributed by atoms with E-state index in [0.717, 1.165) is 11.2 Å². The van der Waals surface area contributed by atoms with Gasteiger partial charge in [-0.25, -0.2) is 0 Å². The Kier molecular flexibility index (Phi) is 3.79. The molecule has 1 aliphatic rings. The summed E-state index contributed by atoms with van der Waals surface area (Å²) in [6, 6.07) is 42.4. The first-order valence-electron chi connectivity index (χ1n) is 14.4. The van der Waals surface area contributed by atoms with Gasteiger partial charge in [0.25, 0.3) is 0 Å². The minimum atomic E-state index is -0.0676. The molecule has 0 saturated carbocycles. The fourth-order valence-corrected chi connectivity index (χ4v) is 7.94. The van der Waals surface area contributed by atoms with E-state index in [9.17, 15) is 0 Å². The van der Waals surface area contributed by atoms with Crippen molar-refractivity contribution in [3.63, 3.8) is 0 Å². The van der Waals surface area contributed by atoms with E-state index in [4.69, 9.17) is 4.42 Å². The highest BCUT2D eigenvalue weighted by Gasteiger charge is 2.36. The minimum absolute atomic E-state index is 0.0676. The maximum atomic E-state index is 6.45. The molecule has 0 aliphatic heterocycles. The second kappa shape index (κ2) is 7.16. The number of nitrogens with zero attached hydrogens (tertiary/aromatic N) is 1. The summed E-state index contributed by atoms with van der Waals surface area (Å²) < 4.78 is 8.95. The van der Waals surface area contributed by atoms with E-state index in [1.807, 2.05) is 0 Å². The second-order valence-electron chi connectivity index (χ2n) is 12.1. The van der Waals surface area contributed by atoms with E-state index < -0.39 is 0 Å². The van der Waals surface area contributed by atoms with E-state index in [2.05, 4.69) is 134 Å². The summed E-state index contributed by atoms with van der Waals surface area (Å²) >= 11 is 0. The van der Waals surface area contributed by atoms with Gasteiger partial charge in [-0.3, -0.25) is 0 Å². The number of benzene rings is 7. The van der Waals surface area contributed by atoms with Crippen molar-refractivity contribution in [1.29, 1.82) is 0 Å². The average molecular weight is 524 g/mol. The Morgan fingerprint density at radius 2 is 1.20 bits per heavy atom. The molecular formula is C39H25NO. The molecule has 0 saturated heterocycles. The molecule has 10 rings (SSSR count). The minimum Gasteiger partial charge on any atom is -0.456 e. The quantitative estimate of drug-likeness (QED) is 0.196. The van der Waals surface area contributed by atoms with Gasteiger partial charge in [0.05, 0.1) is 16.7 Å². The lowest BCUT2D eigenvalue weighted by atomic mass is 9.82. The Morgan fingerprint density at radius 1 is 0.488 bits per heavy atom. The number of fused-ring (bicyclic) bond motifs is 9. The van der Waals surface area contributed by atoms with Gasteiger partial charge in [-0.15, -0.1) is 0 Å². The van der Waals surface area contributed by atoms with Crippen LogP contribution in [0.1, 0.15) is 25.0 Å². The van der Waals surface area contributed by atoms with Gasteiger partial charge in [0, 0.05) is 32.3 Å². The summed E-state index contributed by atoms with van der Waals surface area (Å²) in [5, 5.41) is 10.0. The third kappa shape index (κ3) is 2.50. The molecule has 0 unspecified atom stereocenters. The second-order valence-corrected chi connectivity index (χ2v) is 12.1.